The van der Waals surface area contributed by atoms with Gasteiger partial charge in [-0.15, -0.1) is 0 Å². The van der Waals surface area contributed by atoms with E-state index in [9.17, 15) is 14.0 Å². The van der Waals surface area contributed by atoms with E-state index in [0.717, 1.165) is 11.1 Å². The molecule has 0 aliphatic heterocycles. The topological polar surface area (TPSA) is 67.9 Å². The van der Waals surface area contributed by atoms with Crippen LogP contribution in [0, 0.1) is 5.82 Å². The molecule has 0 fully saturated rings. The van der Waals surface area contributed by atoms with Gasteiger partial charge in [0.15, 0.2) is 11.5 Å². The molecule has 2 rings (SSSR count). The predicted octanol–water partition coefficient (Wildman–Crippen LogP) is 2.55. The molecule has 1 atom stereocenters. The van der Waals surface area contributed by atoms with Crippen LogP contribution in [0.15, 0.2) is 42.5 Å². The maximum absolute atomic E-state index is 13.2. The van der Waals surface area contributed by atoms with Crippen LogP contribution in [-0.2, 0) is 22.6 Å². The van der Waals surface area contributed by atoms with Crippen LogP contribution >= 0.6 is 0 Å². The van der Waals surface area contributed by atoms with Crippen molar-refractivity contribution in [3.05, 3.63) is 59.4 Å². The molecule has 0 aromatic heterocycles. The first-order valence-corrected chi connectivity index (χ1v) is 8.86. The highest BCUT2D eigenvalue weighted by atomic mass is 19.1. The normalized spacial score (nSPS) is 11.5. The highest BCUT2D eigenvalue weighted by Gasteiger charge is 2.25. The monoisotopic (exact) mass is 388 g/mol. The Balaban J connectivity index is 2.25. The number of rotatable bonds is 8. The van der Waals surface area contributed by atoms with Crippen LogP contribution in [0.4, 0.5) is 4.39 Å². The van der Waals surface area contributed by atoms with Gasteiger partial charge in [-0.2, -0.15) is 0 Å². The Morgan fingerprint density at radius 3 is 2.21 bits per heavy atom. The standard InChI is InChI=1S/C21H25FN2O4/c1-14(21(26)23-2)24(13-15-5-8-17(22)9-6-15)20(25)12-16-7-10-18(27-3)19(11-16)28-4/h5-11,14H,12-13H2,1-4H3,(H,23,26)/t14-/m0/s1. The summed E-state index contributed by atoms with van der Waals surface area (Å²) in [5, 5.41) is 2.56. The average molecular weight is 388 g/mol. The van der Waals surface area contributed by atoms with E-state index in [0.29, 0.717) is 11.5 Å². The fourth-order valence-corrected chi connectivity index (χ4v) is 2.84. The quantitative estimate of drug-likeness (QED) is 0.755. The van der Waals surface area contributed by atoms with Crippen molar-refractivity contribution in [2.45, 2.75) is 25.9 Å². The summed E-state index contributed by atoms with van der Waals surface area (Å²) >= 11 is 0. The molecule has 150 valence electrons. The molecule has 0 radical (unpaired) electrons. The first-order valence-electron chi connectivity index (χ1n) is 8.86. The van der Waals surface area contributed by atoms with E-state index in [2.05, 4.69) is 5.32 Å². The molecule has 0 aliphatic rings. The molecule has 0 aliphatic carbocycles. The summed E-state index contributed by atoms with van der Waals surface area (Å²) in [4.78, 5) is 26.6. The number of ether oxygens (including phenoxy) is 2. The molecular formula is C21H25FN2O4. The molecule has 2 aromatic rings. The molecule has 28 heavy (non-hydrogen) atoms. The van der Waals surface area contributed by atoms with Crippen molar-refractivity contribution in [1.82, 2.24) is 10.2 Å². The lowest BCUT2D eigenvalue weighted by Crippen LogP contribution is -2.47. The Morgan fingerprint density at radius 1 is 1.04 bits per heavy atom. The van der Waals surface area contributed by atoms with E-state index in [1.54, 1.807) is 37.3 Å². The van der Waals surface area contributed by atoms with Crippen molar-refractivity contribution < 1.29 is 23.5 Å². The van der Waals surface area contributed by atoms with Gasteiger partial charge in [-0.1, -0.05) is 18.2 Å². The van der Waals surface area contributed by atoms with Gasteiger partial charge in [0.25, 0.3) is 0 Å². The summed E-state index contributed by atoms with van der Waals surface area (Å²) in [6.45, 7) is 1.86. The Morgan fingerprint density at radius 2 is 1.64 bits per heavy atom. The molecule has 1 N–H and O–H groups in total. The number of amides is 2. The van der Waals surface area contributed by atoms with Crippen LogP contribution in [0.2, 0.25) is 0 Å². The molecule has 0 spiro atoms. The Kier molecular flexibility index (Phi) is 7.37. The summed E-state index contributed by atoms with van der Waals surface area (Å²) in [6.07, 6.45) is 0.0862. The van der Waals surface area contributed by atoms with Gasteiger partial charge in [-0.3, -0.25) is 9.59 Å². The van der Waals surface area contributed by atoms with E-state index in [1.165, 1.54) is 38.3 Å². The smallest absolute Gasteiger partial charge is 0.242 e. The number of halogens is 1. The third kappa shape index (κ3) is 5.22. The van der Waals surface area contributed by atoms with Gasteiger partial charge in [-0.25, -0.2) is 4.39 Å². The van der Waals surface area contributed by atoms with Crippen molar-refractivity contribution in [1.29, 1.82) is 0 Å². The van der Waals surface area contributed by atoms with Gasteiger partial charge in [-0.05, 0) is 42.3 Å². The third-order valence-corrected chi connectivity index (χ3v) is 4.48. The maximum atomic E-state index is 13.2. The molecule has 6 nitrogen and oxygen atoms in total. The van der Waals surface area contributed by atoms with Crippen LogP contribution in [-0.4, -0.2) is 44.0 Å². The number of nitrogens with one attached hydrogen (secondary N) is 1. The minimum atomic E-state index is -0.678. The lowest BCUT2D eigenvalue weighted by atomic mass is 10.1. The maximum Gasteiger partial charge on any atom is 0.242 e. The fourth-order valence-electron chi connectivity index (χ4n) is 2.84. The van der Waals surface area contributed by atoms with Gasteiger partial charge >= 0.3 is 0 Å². The summed E-state index contributed by atoms with van der Waals surface area (Å²) in [5.74, 6) is 0.236. The second kappa shape index (κ2) is 9.73. The van der Waals surface area contributed by atoms with Crippen LogP contribution in [0.25, 0.3) is 0 Å². The van der Waals surface area contributed by atoms with Gasteiger partial charge in [0, 0.05) is 13.6 Å². The average Bonchev–Trinajstić information content (AvgIpc) is 2.71. The summed E-state index contributed by atoms with van der Waals surface area (Å²) < 4.78 is 23.7. The zero-order valence-electron chi connectivity index (χ0n) is 16.5. The molecular weight excluding hydrogens is 363 g/mol. The molecule has 2 aromatic carbocycles. The number of carbonyl (C=O) groups excluding carboxylic acids is 2. The van der Waals surface area contributed by atoms with Gasteiger partial charge in [0.05, 0.1) is 20.6 Å². The van der Waals surface area contributed by atoms with Crippen LogP contribution in [0.3, 0.4) is 0 Å². The molecule has 0 bridgehead atoms. The number of benzene rings is 2. The van der Waals surface area contributed by atoms with Crippen molar-refractivity contribution in [3.63, 3.8) is 0 Å². The van der Waals surface area contributed by atoms with Crippen LogP contribution in [0.1, 0.15) is 18.1 Å². The second-order valence-corrected chi connectivity index (χ2v) is 6.30. The summed E-state index contributed by atoms with van der Waals surface area (Å²) in [5.41, 5.74) is 1.47. The van der Waals surface area contributed by atoms with Gasteiger partial charge < -0.3 is 19.7 Å². The number of methoxy groups -OCH3 is 2. The molecule has 7 heteroatoms. The zero-order valence-corrected chi connectivity index (χ0v) is 16.5. The first kappa shape index (κ1) is 21.2. The SMILES string of the molecule is CNC(=O)[C@H](C)N(Cc1ccc(F)cc1)C(=O)Cc1ccc(OC)c(OC)c1. The van der Waals surface area contributed by atoms with E-state index >= 15 is 0 Å². The molecule has 0 unspecified atom stereocenters. The summed E-state index contributed by atoms with van der Waals surface area (Å²) in [6, 6.07) is 10.4. The number of hydrogen-bond donors (Lipinski definition) is 1. The molecule has 2 amide bonds. The number of hydrogen-bond acceptors (Lipinski definition) is 4. The van der Waals surface area contributed by atoms with Crippen molar-refractivity contribution >= 4 is 11.8 Å². The Labute approximate surface area is 164 Å². The highest BCUT2D eigenvalue weighted by Crippen LogP contribution is 2.28. The Hall–Kier alpha value is -3.09. The van der Waals surface area contributed by atoms with Crippen molar-refractivity contribution in [2.75, 3.05) is 21.3 Å². The van der Waals surface area contributed by atoms with E-state index in [1.807, 2.05) is 0 Å². The second-order valence-electron chi connectivity index (χ2n) is 6.30. The Bertz CT molecular complexity index is 824. The third-order valence-electron chi connectivity index (χ3n) is 4.48. The van der Waals surface area contributed by atoms with Crippen molar-refractivity contribution in [2.24, 2.45) is 0 Å². The largest absolute Gasteiger partial charge is 0.493 e. The molecule has 0 heterocycles. The summed E-state index contributed by atoms with van der Waals surface area (Å²) in [7, 11) is 4.59. The van der Waals surface area contributed by atoms with Crippen LogP contribution < -0.4 is 14.8 Å². The molecule has 0 saturated heterocycles. The van der Waals surface area contributed by atoms with E-state index < -0.39 is 6.04 Å². The van der Waals surface area contributed by atoms with Gasteiger partial charge in [0.2, 0.25) is 11.8 Å². The van der Waals surface area contributed by atoms with Crippen LogP contribution in [0.5, 0.6) is 11.5 Å². The highest BCUT2D eigenvalue weighted by molar-refractivity contribution is 5.88. The minimum absolute atomic E-state index is 0.0862. The zero-order chi connectivity index (χ0) is 20.7. The number of carbonyl (C=O) groups is 2. The first-order chi connectivity index (χ1) is 13.4. The number of nitrogens with zero attached hydrogens (tertiary/aromatic N) is 1. The molecule has 0 saturated carbocycles. The fraction of sp³-hybridized carbons (Fsp3) is 0.333. The minimum Gasteiger partial charge on any atom is -0.493 e. The van der Waals surface area contributed by atoms with E-state index in [4.69, 9.17) is 9.47 Å². The van der Waals surface area contributed by atoms with Crippen molar-refractivity contribution in [3.8, 4) is 11.5 Å². The predicted molar refractivity (Wildman–Crippen MR) is 104 cm³/mol. The lowest BCUT2D eigenvalue weighted by molar-refractivity contribution is -0.139. The van der Waals surface area contributed by atoms with E-state index in [-0.39, 0.29) is 30.6 Å². The lowest BCUT2D eigenvalue weighted by Gasteiger charge is -2.28. The number of likely N-dealkylation sites (N-methyl/N-ethyl adjacent to an activating group) is 1. The van der Waals surface area contributed by atoms with Gasteiger partial charge in [0.1, 0.15) is 11.9 Å².